The Morgan fingerprint density at radius 3 is 2.39 bits per heavy atom. The molecule has 1 amide bonds. The second kappa shape index (κ2) is 14.6. The molecule has 0 bridgehead atoms. The highest BCUT2D eigenvalue weighted by molar-refractivity contribution is 7.98. The van der Waals surface area contributed by atoms with Crippen molar-refractivity contribution >= 4 is 23.4 Å². The maximum Gasteiger partial charge on any atom is 0.269 e. The minimum absolute atomic E-state index is 0.00758. The highest BCUT2D eigenvalue weighted by Crippen LogP contribution is 2.30. The average Bonchev–Trinajstić information content (AvgIpc) is 3.40. The lowest BCUT2D eigenvalue weighted by molar-refractivity contribution is -0.384. The van der Waals surface area contributed by atoms with Gasteiger partial charge in [-0.2, -0.15) is 0 Å². The molecule has 0 spiro atoms. The highest BCUT2D eigenvalue weighted by atomic mass is 32.2. The third-order valence-corrected chi connectivity index (χ3v) is 8.11. The van der Waals surface area contributed by atoms with Crippen molar-refractivity contribution in [1.29, 1.82) is 0 Å². The first-order valence-electron chi connectivity index (χ1n) is 14.1. The van der Waals surface area contributed by atoms with Gasteiger partial charge in [0.2, 0.25) is 5.91 Å². The van der Waals surface area contributed by atoms with Crippen LogP contribution in [0.15, 0.2) is 84.0 Å². The molecule has 0 saturated carbocycles. The van der Waals surface area contributed by atoms with Crippen molar-refractivity contribution in [3.05, 3.63) is 111 Å². The molecule has 1 N–H and O–H groups in total. The summed E-state index contributed by atoms with van der Waals surface area (Å²) in [6.07, 6.45) is 4.16. The van der Waals surface area contributed by atoms with Crippen LogP contribution in [0.25, 0.3) is 5.69 Å². The third kappa shape index (κ3) is 8.04. The number of unbranched alkanes of at least 4 members (excludes halogenated alkanes) is 1. The summed E-state index contributed by atoms with van der Waals surface area (Å²) in [5, 5.41) is 24.5. The lowest BCUT2D eigenvalue weighted by atomic mass is 9.97. The Bertz CT molecular complexity index is 1440. The van der Waals surface area contributed by atoms with E-state index in [1.165, 1.54) is 17.7 Å². The Labute approximate surface area is 245 Å². The zero-order chi connectivity index (χ0) is 29.2. The summed E-state index contributed by atoms with van der Waals surface area (Å²) in [6.45, 7) is 6.24. The quantitative estimate of drug-likeness (QED) is 0.0961. The molecule has 41 heavy (non-hydrogen) atoms. The molecule has 0 saturated heterocycles. The van der Waals surface area contributed by atoms with Gasteiger partial charge in [-0.3, -0.25) is 19.5 Å². The number of amides is 1. The molecule has 4 rings (SSSR count). The molecule has 0 unspecified atom stereocenters. The Kier molecular flexibility index (Phi) is 10.7. The van der Waals surface area contributed by atoms with Crippen molar-refractivity contribution in [1.82, 2.24) is 20.1 Å². The van der Waals surface area contributed by atoms with Crippen LogP contribution < -0.4 is 5.32 Å². The van der Waals surface area contributed by atoms with Gasteiger partial charge < -0.3 is 5.32 Å². The average molecular weight is 572 g/mol. The van der Waals surface area contributed by atoms with E-state index in [0.717, 1.165) is 36.8 Å². The molecule has 9 heteroatoms. The summed E-state index contributed by atoms with van der Waals surface area (Å²) in [7, 11) is 0. The molecule has 4 aromatic rings. The van der Waals surface area contributed by atoms with E-state index in [2.05, 4.69) is 47.6 Å². The number of nitro benzene ring substituents is 1. The molecular formula is C32H37N5O3S. The smallest absolute Gasteiger partial charge is 0.269 e. The van der Waals surface area contributed by atoms with Crippen LogP contribution in [0.2, 0.25) is 0 Å². The SMILES string of the molecule is CCCC[C@@H](CC)C(=O)N[C@H](Cc1ccccc1)c1nnc(SCc2cccc(C)c2)n1-c1ccc([N+](=O)[O-])cc1. The minimum atomic E-state index is -0.448. The van der Waals surface area contributed by atoms with E-state index >= 15 is 0 Å². The number of nitrogens with zero attached hydrogens (tertiary/aromatic N) is 4. The van der Waals surface area contributed by atoms with Gasteiger partial charge in [0, 0.05) is 29.5 Å². The van der Waals surface area contributed by atoms with Gasteiger partial charge >= 0.3 is 0 Å². The first-order chi connectivity index (χ1) is 19.9. The minimum Gasteiger partial charge on any atom is -0.345 e. The Morgan fingerprint density at radius 1 is 1.00 bits per heavy atom. The largest absolute Gasteiger partial charge is 0.345 e. The number of carbonyl (C=O) groups is 1. The highest BCUT2D eigenvalue weighted by Gasteiger charge is 2.27. The van der Waals surface area contributed by atoms with Crippen molar-refractivity contribution in [2.45, 2.75) is 69.8 Å². The summed E-state index contributed by atoms with van der Waals surface area (Å²) >= 11 is 1.54. The third-order valence-electron chi connectivity index (χ3n) is 7.11. The normalized spacial score (nSPS) is 12.6. The standard InChI is InChI=1S/C32H37N5O3S/c1-4-6-15-26(5-2)31(38)33-29(21-24-12-8-7-9-13-24)30-34-35-32(41-22-25-14-10-11-23(3)20-25)36(30)27-16-18-28(19-17-27)37(39)40/h7-14,16-20,26,29H,4-6,15,21-22H2,1-3H3,(H,33,38)/t26-,29-/m1/s1. The molecule has 8 nitrogen and oxygen atoms in total. The van der Waals surface area contributed by atoms with Crippen molar-refractivity contribution in [2.75, 3.05) is 0 Å². The van der Waals surface area contributed by atoms with E-state index < -0.39 is 11.0 Å². The molecule has 0 fully saturated rings. The molecule has 2 atom stereocenters. The van der Waals surface area contributed by atoms with Gasteiger partial charge in [0.1, 0.15) is 0 Å². The second-order valence-electron chi connectivity index (χ2n) is 10.2. The van der Waals surface area contributed by atoms with E-state index in [0.29, 0.717) is 28.8 Å². The van der Waals surface area contributed by atoms with Crippen LogP contribution in [0, 0.1) is 23.0 Å². The summed E-state index contributed by atoms with van der Waals surface area (Å²) in [5.41, 5.74) is 4.11. The van der Waals surface area contributed by atoms with Gasteiger partial charge in [-0.15, -0.1) is 10.2 Å². The van der Waals surface area contributed by atoms with E-state index in [4.69, 9.17) is 0 Å². The first kappa shape index (κ1) is 30.0. The molecule has 0 radical (unpaired) electrons. The van der Waals surface area contributed by atoms with E-state index in [1.807, 2.05) is 47.9 Å². The van der Waals surface area contributed by atoms with Crippen molar-refractivity contribution in [2.24, 2.45) is 5.92 Å². The maximum absolute atomic E-state index is 13.5. The van der Waals surface area contributed by atoms with Crippen molar-refractivity contribution in [3.63, 3.8) is 0 Å². The molecular weight excluding hydrogens is 534 g/mol. The number of hydrogen-bond donors (Lipinski definition) is 1. The van der Waals surface area contributed by atoms with Crippen LogP contribution in [0.4, 0.5) is 5.69 Å². The second-order valence-corrected chi connectivity index (χ2v) is 11.2. The number of aryl methyl sites for hydroxylation is 1. The topological polar surface area (TPSA) is 103 Å². The fraction of sp³-hybridized carbons (Fsp3) is 0.344. The predicted molar refractivity (Wildman–Crippen MR) is 163 cm³/mol. The zero-order valence-corrected chi connectivity index (χ0v) is 24.6. The monoisotopic (exact) mass is 571 g/mol. The molecule has 0 aliphatic rings. The Morgan fingerprint density at radius 2 is 1.73 bits per heavy atom. The Hall–Kier alpha value is -3.98. The summed E-state index contributed by atoms with van der Waals surface area (Å²) in [4.78, 5) is 24.5. The number of rotatable bonds is 14. The van der Waals surface area contributed by atoms with Crippen LogP contribution >= 0.6 is 11.8 Å². The number of thioether (sulfide) groups is 1. The number of benzene rings is 3. The van der Waals surface area contributed by atoms with Crippen LogP contribution in [0.1, 0.15) is 68.1 Å². The van der Waals surface area contributed by atoms with Crippen molar-refractivity contribution in [3.8, 4) is 5.69 Å². The van der Waals surface area contributed by atoms with Gasteiger partial charge in [0.05, 0.1) is 11.0 Å². The molecule has 0 aliphatic heterocycles. The van der Waals surface area contributed by atoms with Crippen molar-refractivity contribution < 1.29 is 9.72 Å². The molecule has 3 aromatic carbocycles. The molecule has 1 heterocycles. The molecule has 0 aliphatic carbocycles. The Balaban J connectivity index is 1.74. The summed E-state index contributed by atoms with van der Waals surface area (Å²) < 4.78 is 1.92. The number of hydrogen-bond acceptors (Lipinski definition) is 6. The van der Waals surface area contributed by atoms with Gasteiger partial charge in [-0.1, -0.05) is 98.6 Å². The first-order valence-corrected chi connectivity index (χ1v) is 15.1. The van der Waals surface area contributed by atoms with E-state index in [-0.39, 0.29) is 17.5 Å². The summed E-state index contributed by atoms with van der Waals surface area (Å²) in [5.74, 6) is 1.19. The number of nitrogens with one attached hydrogen (secondary N) is 1. The maximum atomic E-state index is 13.5. The number of carbonyl (C=O) groups excluding carboxylic acids is 1. The lowest BCUT2D eigenvalue weighted by Crippen LogP contribution is -2.36. The predicted octanol–water partition coefficient (Wildman–Crippen LogP) is 7.39. The van der Waals surface area contributed by atoms with E-state index in [9.17, 15) is 14.9 Å². The van der Waals surface area contributed by atoms with Crippen LogP contribution in [0.5, 0.6) is 0 Å². The number of non-ortho nitro benzene ring substituents is 1. The van der Waals surface area contributed by atoms with Gasteiger partial charge in [0.25, 0.3) is 5.69 Å². The van der Waals surface area contributed by atoms with Gasteiger partial charge in [-0.25, -0.2) is 0 Å². The fourth-order valence-corrected chi connectivity index (χ4v) is 5.74. The van der Waals surface area contributed by atoms with Gasteiger partial charge in [0.15, 0.2) is 11.0 Å². The summed E-state index contributed by atoms with van der Waals surface area (Å²) in [6, 6.07) is 24.2. The number of aromatic nitrogens is 3. The molecule has 1 aromatic heterocycles. The van der Waals surface area contributed by atoms with E-state index in [1.54, 1.807) is 23.9 Å². The van der Waals surface area contributed by atoms with Gasteiger partial charge in [-0.05, 0) is 49.4 Å². The van der Waals surface area contributed by atoms with Crippen LogP contribution in [0.3, 0.4) is 0 Å². The van der Waals surface area contributed by atoms with Crippen LogP contribution in [-0.4, -0.2) is 25.6 Å². The molecule has 214 valence electrons. The lowest BCUT2D eigenvalue weighted by Gasteiger charge is -2.23. The van der Waals surface area contributed by atoms with Crippen LogP contribution in [-0.2, 0) is 17.0 Å². The zero-order valence-electron chi connectivity index (χ0n) is 23.8. The fourth-order valence-electron chi connectivity index (χ4n) is 4.83. The number of nitro groups is 1.